The number of hydrogen-bond donors (Lipinski definition) is 1. The summed E-state index contributed by atoms with van der Waals surface area (Å²) in [7, 11) is 0. The van der Waals surface area contributed by atoms with Crippen molar-refractivity contribution < 1.29 is 0 Å². The van der Waals surface area contributed by atoms with Gasteiger partial charge >= 0.3 is 0 Å². The van der Waals surface area contributed by atoms with E-state index in [2.05, 4.69) is 38.4 Å². The molecule has 2 aromatic carbocycles. The molecule has 1 heterocycles. The van der Waals surface area contributed by atoms with E-state index in [0.717, 1.165) is 34.9 Å². The summed E-state index contributed by atoms with van der Waals surface area (Å²) in [6, 6.07) is 14.1. The lowest BCUT2D eigenvalue weighted by Crippen LogP contribution is -2.18. The first-order valence-electron chi connectivity index (χ1n) is 8.14. The average molecular weight is 354 g/mol. The maximum Gasteiger partial charge on any atom is 0.249 e. The third-order valence-corrected chi connectivity index (χ3v) is 4.17. The van der Waals surface area contributed by atoms with Crippen molar-refractivity contribution in [2.24, 2.45) is 0 Å². The van der Waals surface area contributed by atoms with Crippen LogP contribution in [0.1, 0.15) is 18.1 Å². The predicted molar refractivity (Wildman–Crippen MR) is 103 cm³/mol. The Bertz CT molecular complexity index is 844. The quantitative estimate of drug-likeness (QED) is 0.696. The van der Waals surface area contributed by atoms with Crippen LogP contribution in [-0.2, 0) is 0 Å². The van der Waals surface area contributed by atoms with Crippen LogP contribution >= 0.6 is 11.6 Å². The average Bonchev–Trinajstić information content (AvgIpc) is 2.60. The number of rotatable bonds is 5. The summed E-state index contributed by atoms with van der Waals surface area (Å²) in [5.74, 6) is 1.15. The Hall–Kier alpha value is -2.66. The Labute approximate surface area is 152 Å². The molecule has 0 spiro atoms. The number of halogens is 1. The van der Waals surface area contributed by atoms with Gasteiger partial charge in [-0.3, -0.25) is 0 Å². The second kappa shape index (κ2) is 7.49. The van der Waals surface area contributed by atoms with Gasteiger partial charge in [0.1, 0.15) is 0 Å². The second-order valence-electron chi connectivity index (χ2n) is 5.78. The molecule has 0 saturated carbocycles. The first kappa shape index (κ1) is 17.2. The third-order valence-electron chi connectivity index (χ3n) is 3.88. The third kappa shape index (κ3) is 3.88. The smallest absolute Gasteiger partial charge is 0.249 e. The van der Waals surface area contributed by atoms with Crippen molar-refractivity contribution >= 4 is 34.7 Å². The predicted octanol–water partition coefficient (Wildman–Crippen LogP) is 5.04. The minimum atomic E-state index is 0.417. The molecule has 0 aliphatic heterocycles. The molecule has 5 nitrogen and oxygen atoms in total. The fourth-order valence-electron chi connectivity index (χ4n) is 2.75. The van der Waals surface area contributed by atoms with Gasteiger partial charge in [-0.05, 0) is 50.1 Å². The van der Waals surface area contributed by atoms with E-state index in [1.165, 1.54) is 0 Å². The fraction of sp³-hybridized carbons (Fsp3) is 0.211. The van der Waals surface area contributed by atoms with Crippen molar-refractivity contribution in [1.82, 2.24) is 15.2 Å². The molecule has 0 radical (unpaired) electrons. The number of anilines is 4. The molecule has 25 heavy (non-hydrogen) atoms. The van der Waals surface area contributed by atoms with Crippen molar-refractivity contribution in [3.05, 3.63) is 64.8 Å². The molecular formula is C19H20ClN5. The van der Waals surface area contributed by atoms with Gasteiger partial charge < -0.3 is 10.2 Å². The number of nitrogens with zero attached hydrogens (tertiary/aromatic N) is 4. The largest absolute Gasteiger partial charge is 0.325 e. The van der Waals surface area contributed by atoms with Gasteiger partial charge in [-0.1, -0.05) is 35.9 Å². The lowest BCUT2D eigenvalue weighted by atomic mass is 10.1. The number of nitrogens with one attached hydrogen (secondary N) is 1. The minimum absolute atomic E-state index is 0.417. The van der Waals surface area contributed by atoms with Crippen LogP contribution in [0.4, 0.5) is 23.1 Å². The second-order valence-corrected chi connectivity index (χ2v) is 6.19. The summed E-state index contributed by atoms with van der Waals surface area (Å²) in [5.41, 5.74) is 4.01. The molecule has 0 amide bonds. The standard InChI is InChI=1S/C19H20ClN5/c1-4-25(15-8-6-5-7-9-15)17-12-21-24-19(22-17)23-18-14(3)10-13(2)11-16(18)20/h5-12H,4H2,1-3H3,(H,22,23,24). The van der Waals surface area contributed by atoms with Crippen LogP contribution in [-0.4, -0.2) is 21.7 Å². The van der Waals surface area contributed by atoms with E-state index in [1.807, 2.05) is 50.2 Å². The van der Waals surface area contributed by atoms with Crippen LogP contribution in [0, 0.1) is 13.8 Å². The van der Waals surface area contributed by atoms with Gasteiger partial charge in [0.25, 0.3) is 0 Å². The molecule has 1 N–H and O–H groups in total. The van der Waals surface area contributed by atoms with E-state index < -0.39 is 0 Å². The Balaban J connectivity index is 1.92. The molecule has 0 aliphatic rings. The fourth-order valence-corrected chi connectivity index (χ4v) is 3.12. The number of hydrogen-bond acceptors (Lipinski definition) is 5. The number of aromatic nitrogens is 3. The molecular weight excluding hydrogens is 334 g/mol. The highest BCUT2D eigenvalue weighted by Crippen LogP contribution is 2.30. The van der Waals surface area contributed by atoms with Crippen LogP contribution in [0.2, 0.25) is 5.02 Å². The van der Waals surface area contributed by atoms with Gasteiger partial charge in [-0.15, -0.1) is 5.10 Å². The maximum absolute atomic E-state index is 6.36. The molecule has 128 valence electrons. The van der Waals surface area contributed by atoms with Crippen LogP contribution < -0.4 is 10.2 Å². The van der Waals surface area contributed by atoms with E-state index in [4.69, 9.17) is 11.6 Å². The van der Waals surface area contributed by atoms with Crippen molar-refractivity contribution in [2.45, 2.75) is 20.8 Å². The summed E-state index contributed by atoms with van der Waals surface area (Å²) in [4.78, 5) is 6.68. The zero-order valence-electron chi connectivity index (χ0n) is 14.5. The van der Waals surface area contributed by atoms with Gasteiger partial charge in [-0.25, -0.2) is 0 Å². The van der Waals surface area contributed by atoms with Crippen molar-refractivity contribution in [1.29, 1.82) is 0 Å². The van der Waals surface area contributed by atoms with Gasteiger partial charge in [0.2, 0.25) is 5.95 Å². The van der Waals surface area contributed by atoms with Crippen LogP contribution in [0.25, 0.3) is 0 Å². The summed E-state index contributed by atoms with van der Waals surface area (Å²) >= 11 is 6.36. The Morgan fingerprint density at radius 2 is 1.88 bits per heavy atom. The first-order chi connectivity index (χ1) is 12.1. The zero-order valence-corrected chi connectivity index (χ0v) is 15.2. The molecule has 0 saturated heterocycles. The lowest BCUT2D eigenvalue weighted by molar-refractivity contribution is 0.922. The van der Waals surface area contributed by atoms with Crippen molar-refractivity contribution in [2.75, 3.05) is 16.8 Å². The van der Waals surface area contributed by atoms with E-state index >= 15 is 0 Å². The topological polar surface area (TPSA) is 53.9 Å². The molecule has 3 rings (SSSR count). The molecule has 0 bridgehead atoms. The van der Waals surface area contributed by atoms with Crippen LogP contribution in [0.3, 0.4) is 0 Å². The molecule has 0 unspecified atom stereocenters. The summed E-state index contributed by atoms with van der Waals surface area (Å²) in [5, 5.41) is 12.0. The highest BCUT2D eigenvalue weighted by molar-refractivity contribution is 6.33. The normalized spacial score (nSPS) is 10.6. The van der Waals surface area contributed by atoms with Gasteiger partial charge in [0, 0.05) is 12.2 Å². The monoisotopic (exact) mass is 353 g/mol. The van der Waals surface area contributed by atoms with Crippen molar-refractivity contribution in [3.63, 3.8) is 0 Å². The van der Waals surface area contributed by atoms with Gasteiger partial charge in [0.05, 0.1) is 16.9 Å². The van der Waals surface area contributed by atoms with E-state index in [1.54, 1.807) is 6.20 Å². The number of benzene rings is 2. The summed E-state index contributed by atoms with van der Waals surface area (Å²) in [6.07, 6.45) is 1.66. The minimum Gasteiger partial charge on any atom is -0.325 e. The van der Waals surface area contributed by atoms with Crippen molar-refractivity contribution in [3.8, 4) is 0 Å². The van der Waals surface area contributed by atoms with Gasteiger partial charge in [-0.2, -0.15) is 10.1 Å². The Morgan fingerprint density at radius 1 is 1.12 bits per heavy atom. The highest BCUT2D eigenvalue weighted by atomic mass is 35.5. The Kier molecular flexibility index (Phi) is 5.14. The molecule has 0 atom stereocenters. The van der Waals surface area contributed by atoms with Crippen LogP contribution in [0.5, 0.6) is 0 Å². The lowest BCUT2D eigenvalue weighted by Gasteiger charge is -2.22. The first-order valence-corrected chi connectivity index (χ1v) is 8.52. The highest BCUT2D eigenvalue weighted by Gasteiger charge is 2.12. The molecule has 1 aromatic heterocycles. The van der Waals surface area contributed by atoms with E-state index in [-0.39, 0.29) is 0 Å². The molecule has 0 aliphatic carbocycles. The SMILES string of the molecule is CCN(c1ccccc1)c1cnnc(Nc2c(C)cc(C)cc2Cl)n1. The van der Waals surface area contributed by atoms with E-state index in [9.17, 15) is 0 Å². The molecule has 6 heteroatoms. The number of para-hydroxylation sites is 1. The molecule has 0 fully saturated rings. The zero-order chi connectivity index (χ0) is 17.8. The van der Waals surface area contributed by atoms with E-state index in [0.29, 0.717) is 11.0 Å². The van der Waals surface area contributed by atoms with Crippen LogP contribution in [0.15, 0.2) is 48.7 Å². The van der Waals surface area contributed by atoms with Gasteiger partial charge in [0.15, 0.2) is 5.82 Å². The number of aryl methyl sites for hydroxylation is 2. The Morgan fingerprint density at radius 3 is 2.56 bits per heavy atom. The summed E-state index contributed by atoms with van der Waals surface area (Å²) < 4.78 is 0. The maximum atomic E-state index is 6.36. The summed E-state index contributed by atoms with van der Waals surface area (Å²) in [6.45, 7) is 6.86. The molecule has 3 aromatic rings.